The first kappa shape index (κ1) is 12.7. The van der Waals surface area contributed by atoms with Gasteiger partial charge in [-0.25, -0.2) is 0 Å². The zero-order valence-electron chi connectivity index (χ0n) is 10.8. The Bertz CT molecular complexity index is 486. The number of hydrogen-bond donors (Lipinski definition) is 1. The summed E-state index contributed by atoms with van der Waals surface area (Å²) < 4.78 is 5.86. The summed E-state index contributed by atoms with van der Waals surface area (Å²) in [4.78, 5) is 0. The maximum atomic E-state index is 9.45. The van der Waals surface area contributed by atoms with Gasteiger partial charge in [-0.3, -0.25) is 0 Å². The first-order valence-electron chi connectivity index (χ1n) is 6.10. The molecule has 0 spiro atoms. The van der Waals surface area contributed by atoms with Crippen LogP contribution in [0.1, 0.15) is 22.8 Å². The fourth-order valence-electron chi connectivity index (χ4n) is 2.04. The third kappa shape index (κ3) is 3.11. The van der Waals surface area contributed by atoms with Gasteiger partial charge in [0.2, 0.25) is 0 Å². The predicted molar refractivity (Wildman–Crippen MR) is 72.8 cm³/mol. The van der Waals surface area contributed by atoms with Crippen molar-refractivity contribution < 1.29 is 9.84 Å². The van der Waals surface area contributed by atoms with Crippen molar-refractivity contribution in [2.45, 2.75) is 20.0 Å². The van der Waals surface area contributed by atoms with Gasteiger partial charge in [0.25, 0.3) is 0 Å². The molecule has 0 fully saturated rings. The number of benzene rings is 2. The van der Waals surface area contributed by atoms with Gasteiger partial charge in [-0.15, -0.1) is 0 Å². The van der Waals surface area contributed by atoms with Crippen molar-refractivity contribution in [2.75, 3.05) is 6.61 Å². The van der Waals surface area contributed by atoms with Crippen LogP contribution in [0.5, 0.6) is 5.75 Å². The minimum absolute atomic E-state index is 0.0308. The largest absolute Gasteiger partial charge is 0.483 e. The van der Waals surface area contributed by atoms with E-state index in [1.54, 1.807) is 0 Å². The highest BCUT2D eigenvalue weighted by molar-refractivity contribution is 5.33. The molecular formula is C16H18O2. The van der Waals surface area contributed by atoms with Crippen LogP contribution in [0.3, 0.4) is 0 Å². The second-order valence-corrected chi connectivity index (χ2v) is 4.52. The molecule has 1 unspecified atom stereocenters. The lowest BCUT2D eigenvalue weighted by molar-refractivity contribution is 0.116. The highest BCUT2D eigenvalue weighted by atomic mass is 16.5. The molecule has 2 heteroatoms. The fourth-order valence-corrected chi connectivity index (χ4v) is 2.04. The van der Waals surface area contributed by atoms with Crippen LogP contribution in [0.25, 0.3) is 0 Å². The van der Waals surface area contributed by atoms with E-state index in [4.69, 9.17) is 4.74 Å². The first-order valence-corrected chi connectivity index (χ1v) is 6.10. The molecule has 0 saturated heterocycles. The minimum atomic E-state index is -0.313. The van der Waals surface area contributed by atoms with Crippen LogP contribution >= 0.6 is 0 Å². The fraction of sp³-hybridized carbons (Fsp3) is 0.250. The Labute approximate surface area is 108 Å². The molecule has 1 N–H and O–H groups in total. The van der Waals surface area contributed by atoms with Crippen molar-refractivity contribution in [3.63, 3.8) is 0 Å². The van der Waals surface area contributed by atoms with Gasteiger partial charge in [0.15, 0.2) is 0 Å². The Balaban J connectivity index is 2.20. The molecule has 2 aromatic carbocycles. The molecule has 0 amide bonds. The number of ether oxygens (including phenoxy) is 1. The molecule has 0 radical (unpaired) electrons. The average Bonchev–Trinajstić information content (AvgIpc) is 2.36. The zero-order valence-corrected chi connectivity index (χ0v) is 10.8. The lowest BCUT2D eigenvalue weighted by atomic mass is 10.1. The van der Waals surface area contributed by atoms with E-state index in [-0.39, 0.29) is 12.7 Å². The maximum Gasteiger partial charge on any atom is 0.147 e. The molecule has 2 aromatic rings. The second-order valence-electron chi connectivity index (χ2n) is 4.52. The van der Waals surface area contributed by atoms with E-state index in [1.807, 2.05) is 56.3 Å². The first-order chi connectivity index (χ1) is 8.69. The molecule has 2 rings (SSSR count). The summed E-state index contributed by atoms with van der Waals surface area (Å²) in [6.07, 6.45) is -0.313. The molecule has 0 heterocycles. The van der Waals surface area contributed by atoms with Gasteiger partial charge in [0.05, 0.1) is 6.61 Å². The molecule has 0 aliphatic heterocycles. The van der Waals surface area contributed by atoms with Crippen LogP contribution in [0.15, 0.2) is 48.5 Å². The summed E-state index contributed by atoms with van der Waals surface area (Å²) >= 11 is 0. The van der Waals surface area contributed by atoms with Crippen molar-refractivity contribution in [3.8, 4) is 5.75 Å². The molecule has 18 heavy (non-hydrogen) atoms. The molecule has 0 bridgehead atoms. The molecule has 0 aliphatic carbocycles. The third-order valence-electron chi connectivity index (χ3n) is 2.81. The van der Waals surface area contributed by atoms with Gasteiger partial charge in [0.1, 0.15) is 11.9 Å². The van der Waals surface area contributed by atoms with Crippen molar-refractivity contribution >= 4 is 0 Å². The molecule has 0 aliphatic rings. The number of rotatable bonds is 4. The topological polar surface area (TPSA) is 29.5 Å². The molecule has 1 atom stereocenters. The number of aliphatic hydroxyl groups excluding tert-OH is 1. The molecular weight excluding hydrogens is 224 g/mol. The monoisotopic (exact) mass is 242 g/mol. The zero-order chi connectivity index (χ0) is 13.0. The van der Waals surface area contributed by atoms with Crippen LogP contribution in [0.2, 0.25) is 0 Å². The number of aliphatic hydroxyl groups is 1. The van der Waals surface area contributed by atoms with Gasteiger partial charge < -0.3 is 9.84 Å². The second kappa shape index (κ2) is 5.69. The molecule has 0 saturated carbocycles. The van der Waals surface area contributed by atoms with Crippen LogP contribution in [-0.2, 0) is 0 Å². The van der Waals surface area contributed by atoms with E-state index in [1.165, 1.54) is 0 Å². The van der Waals surface area contributed by atoms with E-state index in [0.29, 0.717) is 0 Å². The van der Waals surface area contributed by atoms with Gasteiger partial charge in [0, 0.05) is 0 Å². The number of hydrogen-bond acceptors (Lipinski definition) is 2. The van der Waals surface area contributed by atoms with Crippen molar-refractivity contribution in [3.05, 3.63) is 65.2 Å². The van der Waals surface area contributed by atoms with E-state index >= 15 is 0 Å². The van der Waals surface area contributed by atoms with Crippen LogP contribution < -0.4 is 4.74 Å². The van der Waals surface area contributed by atoms with Crippen molar-refractivity contribution in [1.82, 2.24) is 0 Å². The van der Waals surface area contributed by atoms with E-state index in [0.717, 1.165) is 22.4 Å². The Morgan fingerprint density at radius 3 is 2.17 bits per heavy atom. The van der Waals surface area contributed by atoms with Gasteiger partial charge in [-0.1, -0.05) is 36.4 Å². The molecule has 2 nitrogen and oxygen atoms in total. The smallest absolute Gasteiger partial charge is 0.147 e. The van der Waals surface area contributed by atoms with Crippen LogP contribution in [-0.4, -0.2) is 11.7 Å². The van der Waals surface area contributed by atoms with Crippen molar-refractivity contribution in [1.29, 1.82) is 0 Å². The standard InChI is InChI=1S/C16H18O2/c1-12-8-13(2)10-15(9-12)18-16(11-17)14-6-4-3-5-7-14/h3-10,16-17H,11H2,1-2H3. The van der Waals surface area contributed by atoms with E-state index in [9.17, 15) is 5.11 Å². The normalized spacial score (nSPS) is 12.2. The Morgan fingerprint density at radius 1 is 1.00 bits per heavy atom. The molecule has 94 valence electrons. The van der Waals surface area contributed by atoms with Crippen LogP contribution in [0, 0.1) is 13.8 Å². The highest BCUT2D eigenvalue weighted by Crippen LogP contribution is 2.23. The summed E-state index contributed by atoms with van der Waals surface area (Å²) in [5.74, 6) is 0.801. The lowest BCUT2D eigenvalue weighted by Gasteiger charge is -2.18. The predicted octanol–water partition coefficient (Wildman–Crippen LogP) is 3.42. The Morgan fingerprint density at radius 2 is 1.61 bits per heavy atom. The van der Waals surface area contributed by atoms with E-state index in [2.05, 4.69) is 6.07 Å². The maximum absolute atomic E-state index is 9.45. The summed E-state index contributed by atoms with van der Waals surface area (Å²) in [5, 5.41) is 9.45. The lowest BCUT2D eigenvalue weighted by Crippen LogP contribution is -2.12. The number of aryl methyl sites for hydroxylation is 2. The summed E-state index contributed by atoms with van der Waals surface area (Å²) in [6.45, 7) is 4.05. The summed E-state index contributed by atoms with van der Waals surface area (Å²) in [6, 6.07) is 15.8. The Kier molecular flexibility index (Phi) is 4.00. The SMILES string of the molecule is Cc1cc(C)cc(OC(CO)c2ccccc2)c1. The van der Waals surface area contributed by atoms with Gasteiger partial charge >= 0.3 is 0 Å². The Hall–Kier alpha value is -1.80. The molecule has 0 aromatic heterocycles. The third-order valence-corrected chi connectivity index (χ3v) is 2.81. The average molecular weight is 242 g/mol. The quantitative estimate of drug-likeness (QED) is 0.890. The van der Waals surface area contributed by atoms with Gasteiger partial charge in [-0.2, -0.15) is 0 Å². The van der Waals surface area contributed by atoms with E-state index < -0.39 is 0 Å². The van der Waals surface area contributed by atoms with Crippen molar-refractivity contribution in [2.24, 2.45) is 0 Å². The minimum Gasteiger partial charge on any atom is -0.483 e. The van der Waals surface area contributed by atoms with Gasteiger partial charge in [-0.05, 0) is 42.7 Å². The summed E-state index contributed by atoms with van der Waals surface area (Å²) in [7, 11) is 0. The highest BCUT2D eigenvalue weighted by Gasteiger charge is 2.11. The summed E-state index contributed by atoms with van der Waals surface area (Å²) in [5.41, 5.74) is 3.31. The van der Waals surface area contributed by atoms with Crippen LogP contribution in [0.4, 0.5) is 0 Å².